The van der Waals surface area contributed by atoms with E-state index in [9.17, 15) is 4.79 Å². The van der Waals surface area contributed by atoms with Gasteiger partial charge in [0.05, 0.1) is 22.4 Å². The lowest BCUT2D eigenvalue weighted by molar-refractivity contribution is 0.147. The van der Waals surface area contributed by atoms with Gasteiger partial charge in [-0.15, -0.1) is 11.3 Å². The Labute approximate surface area is 225 Å². The van der Waals surface area contributed by atoms with Crippen molar-refractivity contribution < 1.29 is 0 Å². The van der Waals surface area contributed by atoms with Crippen molar-refractivity contribution in [2.75, 3.05) is 33.2 Å². The first kappa shape index (κ1) is 25.5. The number of likely N-dealkylation sites (N-methyl/N-ethyl adjacent to an activating group) is 1. The standard InChI is InChI=1S/C27H24ClN5OS.C2H6/c1-31-10-12-32(13-11-31)16-21-7-4-19-14-22(8-9-23(19)30-21)33-17-29-24-15-25(35-26(24)27(33)34)18-2-5-20(28)6-3-18;1-2/h2-9,14-15,17H,10-13,16H2,1H3;1-2H3. The molecule has 0 aliphatic carbocycles. The lowest BCUT2D eigenvalue weighted by atomic mass is 10.1. The Hall–Kier alpha value is -3.10. The smallest absolute Gasteiger partial charge is 0.275 e. The minimum Gasteiger partial charge on any atom is -0.304 e. The first-order valence-electron chi connectivity index (χ1n) is 12.6. The largest absolute Gasteiger partial charge is 0.304 e. The summed E-state index contributed by atoms with van der Waals surface area (Å²) in [5.74, 6) is 0. The van der Waals surface area contributed by atoms with Crippen LogP contribution in [0.2, 0.25) is 5.02 Å². The van der Waals surface area contributed by atoms with Crippen molar-refractivity contribution in [1.29, 1.82) is 0 Å². The molecule has 6 nitrogen and oxygen atoms in total. The molecule has 0 amide bonds. The highest BCUT2D eigenvalue weighted by Gasteiger charge is 2.15. The molecule has 0 radical (unpaired) electrons. The zero-order chi connectivity index (χ0) is 25.9. The molecule has 0 atom stereocenters. The van der Waals surface area contributed by atoms with Crippen LogP contribution in [0, 0.1) is 0 Å². The zero-order valence-electron chi connectivity index (χ0n) is 21.3. The quantitative estimate of drug-likeness (QED) is 0.281. The molecule has 8 heteroatoms. The van der Waals surface area contributed by atoms with Gasteiger partial charge in [-0.05, 0) is 55.1 Å². The number of halogens is 1. The van der Waals surface area contributed by atoms with Gasteiger partial charge in [-0.3, -0.25) is 19.2 Å². The van der Waals surface area contributed by atoms with Crippen LogP contribution in [0.15, 0.2) is 71.8 Å². The van der Waals surface area contributed by atoms with Gasteiger partial charge in [0.2, 0.25) is 0 Å². The van der Waals surface area contributed by atoms with Crippen LogP contribution < -0.4 is 5.56 Å². The van der Waals surface area contributed by atoms with Crippen LogP contribution >= 0.6 is 22.9 Å². The van der Waals surface area contributed by atoms with Crippen molar-refractivity contribution >= 4 is 44.1 Å². The van der Waals surface area contributed by atoms with Crippen molar-refractivity contribution in [2.24, 2.45) is 0 Å². The third kappa shape index (κ3) is 5.45. The number of benzene rings is 2. The molecule has 190 valence electrons. The summed E-state index contributed by atoms with van der Waals surface area (Å²) in [6.45, 7) is 9.18. The van der Waals surface area contributed by atoms with E-state index in [-0.39, 0.29) is 5.56 Å². The van der Waals surface area contributed by atoms with E-state index in [0.29, 0.717) is 15.2 Å². The summed E-state index contributed by atoms with van der Waals surface area (Å²) in [4.78, 5) is 28.6. The van der Waals surface area contributed by atoms with E-state index in [1.54, 1.807) is 10.9 Å². The molecule has 0 N–H and O–H groups in total. The summed E-state index contributed by atoms with van der Waals surface area (Å²) in [5.41, 5.74) is 4.45. The van der Waals surface area contributed by atoms with Gasteiger partial charge in [-0.25, -0.2) is 4.98 Å². The van der Waals surface area contributed by atoms with Gasteiger partial charge in [0.25, 0.3) is 5.56 Å². The van der Waals surface area contributed by atoms with Gasteiger partial charge < -0.3 is 4.90 Å². The monoisotopic (exact) mass is 531 g/mol. The molecular weight excluding hydrogens is 502 g/mol. The van der Waals surface area contributed by atoms with Crippen LogP contribution in [0.25, 0.3) is 37.2 Å². The maximum atomic E-state index is 13.4. The fraction of sp³-hybridized carbons (Fsp3) is 0.276. The summed E-state index contributed by atoms with van der Waals surface area (Å²) < 4.78 is 2.25. The SMILES string of the molecule is CC.CN1CCN(Cc2ccc3cc(-n4cnc5cc(-c6ccc(Cl)cc6)sc5c4=O)ccc3n2)CC1. The molecule has 37 heavy (non-hydrogen) atoms. The normalized spacial score (nSPS) is 14.6. The Balaban J connectivity index is 0.00000137. The van der Waals surface area contributed by atoms with Gasteiger partial charge in [0.15, 0.2) is 0 Å². The lowest BCUT2D eigenvalue weighted by Crippen LogP contribution is -2.43. The molecular formula is C29H30ClN5OS. The molecule has 0 spiro atoms. The average molecular weight is 532 g/mol. The molecule has 1 aliphatic rings. The number of pyridine rings is 1. The Morgan fingerprint density at radius 3 is 2.43 bits per heavy atom. The van der Waals surface area contributed by atoms with Crippen LogP contribution in [-0.2, 0) is 6.54 Å². The number of aromatic nitrogens is 3. The number of rotatable bonds is 4. The van der Waals surface area contributed by atoms with Crippen molar-refractivity contribution in [3.8, 4) is 16.1 Å². The van der Waals surface area contributed by atoms with Crippen molar-refractivity contribution in [3.05, 3.63) is 88.1 Å². The van der Waals surface area contributed by atoms with Gasteiger partial charge in [0, 0.05) is 48.0 Å². The predicted octanol–water partition coefficient (Wildman–Crippen LogP) is 6.09. The first-order chi connectivity index (χ1) is 18.0. The number of fused-ring (bicyclic) bond motifs is 2. The summed E-state index contributed by atoms with van der Waals surface area (Å²) in [6, 6.07) is 19.7. The van der Waals surface area contributed by atoms with E-state index < -0.39 is 0 Å². The number of nitrogens with zero attached hydrogens (tertiary/aromatic N) is 5. The molecule has 2 aromatic carbocycles. The lowest BCUT2D eigenvalue weighted by Gasteiger charge is -2.32. The summed E-state index contributed by atoms with van der Waals surface area (Å²) >= 11 is 7.47. The van der Waals surface area contributed by atoms with Gasteiger partial charge >= 0.3 is 0 Å². The average Bonchev–Trinajstić information content (AvgIpc) is 3.37. The summed E-state index contributed by atoms with van der Waals surface area (Å²) in [5, 5.41) is 1.69. The minimum atomic E-state index is -0.0702. The maximum absolute atomic E-state index is 13.4. The highest BCUT2D eigenvalue weighted by Crippen LogP contribution is 2.31. The van der Waals surface area contributed by atoms with Gasteiger partial charge in [-0.1, -0.05) is 43.6 Å². The molecule has 1 fully saturated rings. The second kappa shape index (κ2) is 11.1. The van der Waals surface area contributed by atoms with E-state index in [4.69, 9.17) is 16.6 Å². The van der Waals surface area contributed by atoms with Gasteiger partial charge in [-0.2, -0.15) is 0 Å². The molecule has 1 saturated heterocycles. The zero-order valence-corrected chi connectivity index (χ0v) is 22.9. The summed E-state index contributed by atoms with van der Waals surface area (Å²) in [6.07, 6.45) is 1.61. The summed E-state index contributed by atoms with van der Waals surface area (Å²) in [7, 11) is 2.17. The van der Waals surface area contributed by atoms with E-state index in [2.05, 4.69) is 34.0 Å². The Bertz CT molecular complexity index is 1590. The third-order valence-corrected chi connectivity index (χ3v) is 7.97. The number of piperazine rings is 1. The fourth-order valence-electron chi connectivity index (χ4n) is 4.48. The number of hydrogen-bond donors (Lipinski definition) is 0. The van der Waals surface area contributed by atoms with Crippen molar-refractivity contribution in [1.82, 2.24) is 24.3 Å². The van der Waals surface area contributed by atoms with Crippen LogP contribution in [0.4, 0.5) is 0 Å². The molecule has 0 saturated carbocycles. The van der Waals surface area contributed by atoms with E-state index >= 15 is 0 Å². The van der Waals surface area contributed by atoms with E-state index in [1.807, 2.05) is 62.4 Å². The topological polar surface area (TPSA) is 54.3 Å². The van der Waals surface area contributed by atoms with Crippen molar-refractivity contribution in [3.63, 3.8) is 0 Å². The second-order valence-corrected chi connectivity index (χ2v) is 10.5. The highest BCUT2D eigenvalue weighted by molar-refractivity contribution is 7.22. The maximum Gasteiger partial charge on any atom is 0.275 e. The third-order valence-electron chi connectivity index (χ3n) is 6.56. The molecule has 0 bridgehead atoms. The van der Waals surface area contributed by atoms with E-state index in [0.717, 1.165) is 65.4 Å². The van der Waals surface area contributed by atoms with E-state index in [1.165, 1.54) is 11.3 Å². The second-order valence-electron chi connectivity index (χ2n) is 9.01. The van der Waals surface area contributed by atoms with Crippen LogP contribution in [0.3, 0.4) is 0 Å². The molecule has 1 aliphatic heterocycles. The molecule has 4 heterocycles. The van der Waals surface area contributed by atoms with Crippen molar-refractivity contribution in [2.45, 2.75) is 20.4 Å². The fourth-order valence-corrected chi connectivity index (χ4v) is 5.65. The number of thiophene rings is 1. The molecule has 6 rings (SSSR count). The number of hydrogen-bond acceptors (Lipinski definition) is 6. The molecule has 0 unspecified atom stereocenters. The minimum absolute atomic E-state index is 0.0702. The Morgan fingerprint density at radius 2 is 1.68 bits per heavy atom. The van der Waals surface area contributed by atoms with Crippen LogP contribution in [-0.4, -0.2) is 57.6 Å². The molecule has 3 aromatic heterocycles. The van der Waals surface area contributed by atoms with Crippen LogP contribution in [0.5, 0.6) is 0 Å². The van der Waals surface area contributed by atoms with Crippen LogP contribution in [0.1, 0.15) is 19.5 Å². The Morgan fingerprint density at radius 1 is 0.919 bits per heavy atom. The molecule has 5 aromatic rings. The predicted molar refractivity (Wildman–Crippen MR) is 155 cm³/mol. The Kier molecular flexibility index (Phi) is 7.67. The first-order valence-corrected chi connectivity index (χ1v) is 13.8. The van der Waals surface area contributed by atoms with Gasteiger partial charge in [0.1, 0.15) is 11.0 Å². The highest BCUT2D eigenvalue weighted by atomic mass is 35.5.